The van der Waals surface area contributed by atoms with Gasteiger partial charge in [0.25, 0.3) is 0 Å². The minimum atomic E-state index is -0.501. The van der Waals surface area contributed by atoms with Gasteiger partial charge in [-0.05, 0) is 48.0 Å². The van der Waals surface area contributed by atoms with Gasteiger partial charge in [-0.1, -0.05) is 30.3 Å². The molecule has 0 unspecified atom stereocenters. The number of aromatic nitrogens is 2. The molecule has 0 fully saturated rings. The maximum Gasteiger partial charge on any atom is 0.185 e. The van der Waals surface area contributed by atoms with Crippen LogP contribution in [-0.4, -0.2) is 16.3 Å². The topological polar surface area (TPSA) is 77.2 Å². The van der Waals surface area contributed by atoms with E-state index >= 15 is 0 Å². The summed E-state index contributed by atoms with van der Waals surface area (Å²) in [5, 5.41) is 3.86. The first kappa shape index (κ1) is 22.9. The second-order valence-electron chi connectivity index (χ2n) is 7.31. The minimum absolute atomic E-state index is 0. The number of ether oxygens (including phenoxy) is 1. The lowest BCUT2D eigenvalue weighted by molar-refractivity contribution is 0.110. The molecule has 0 saturated heterocycles. The molecule has 0 aliphatic carbocycles. The van der Waals surface area contributed by atoms with E-state index in [2.05, 4.69) is 15.3 Å². The zero-order valence-electron chi connectivity index (χ0n) is 17.8. The van der Waals surface area contributed by atoms with Crippen LogP contribution >= 0.6 is 12.4 Å². The van der Waals surface area contributed by atoms with Crippen LogP contribution in [0.1, 0.15) is 16.1 Å². The Balaban J connectivity index is 0.00000274. The first-order valence-corrected chi connectivity index (χ1v) is 10.2. The van der Waals surface area contributed by atoms with Crippen molar-refractivity contribution in [3.63, 3.8) is 0 Å². The molecule has 6 nitrogen and oxygen atoms in total. The number of anilines is 2. The Morgan fingerprint density at radius 3 is 2.50 bits per heavy atom. The Bertz CT molecular complexity index is 1420. The largest absolute Gasteiger partial charge is 0.489 e. The molecule has 0 bridgehead atoms. The lowest BCUT2D eigenvalue weighted by Gasteiger charge is -2.11. The van der Waals surface area contributed by atoms with Crippen LogP contribution in [-0.2, 0) is 6.61 Å². The van der Waals surface area contributed by atoms with E-state index in [1.165, 1.54) is 18.5 Å². The number of nitrogens with one attached hydrogen (secondary N) is 1. The Morgan fingerprint density at radius 1 is 0.971 bits per heavy atom. The molecule has 5 aromatic rings. The second kappa shape index (κ2) is 10.1. The van der Waals surface area contributed by atoms with E-state index in [0.29, 0.717) is 29.6 Å². The average Bonchev–Trinajstić information content (AvgIpc) is 3.33. The lowest BCUT2D eigenvalue weighted by atomic mass is 10.1. The fourth-order valence-corrected chi connectivity index (χ4v) is 3.44. The smallest absolute Gasteiger partial charge is 0.185 e. The van der Waals surface area contributed by atoms with E-state index in [0.717, 1.165) is 17.0 Å². The monoisotopic (exact) mass is 475 g/mol. The summed E-state index contributed by atoms with van der Waals surface area (Å²) in [6.07, 6.45) is 1.95. The van der Waals surface area contributed by atoms with Crippen molar-refractivity contribution in [2.75, 3.05) is 5.32 Å². The third kappa shape index (κ3) is 4.89. The third-order valence-corrected chi connectivity index (χ3v) is 5.10. The van der Waals surface area contributed by atoms with Gasteiger partial charge < -0.3 is 14.5 Å². The highest BCUT2D eigenvalue weighted by Gasteiger charge is 2.14. The first-order valence-electron chi connectivity index (χ1n) is 10.2. The molecule has 0 aliphatic heterocycles. The van der Waals surface area contributed by atoms with E-state index < -0.39 is 5.82 Å². The Hall–Kier alpha value is -4.23. The second-order valence-corrected chi connectivity index (χ2v) is 7.31. The molecule has 2 heterocycles. The van der Waals surface area contributed by atoms with Crippen LogP contribution in [0.3, 0.4) is 0 Å². The van der Waals surface area contributed by atoms with E-state index in [-0.39, 0.29) is 29.5 Å². The van der Waals surface area contributed by atoms with Crippen molar-refractivity contribution in [2.24, 2.45) is 0 Å². The molecule has 0 atom stereocenters. The number of aldehydes is 1. The molecule has 0 saturated carbocycles. The molecule has 8 heteroatoms. The van der Waals surface area contributed by atoms with Crippen molar-refractivity contribution >= 4 is 41.1 Å². The number of nitrogens with zero attached hydrogens (tertiary/aromatic N) is 2. The molecule has 2 aromatic heterocycles. The van der Waals surface area contributed by atoms with Crippen molar-refractivity contribution in [3.8, 4) is 17.1 Å². The maximum atomic E-state index is 14.7. The van der Waals surface area contributed by atoms with E-state index in [1.54, 1.807) is 12.1 Å². The number of fused-ring (bicyclic) bond motifs is 1. The molecule has 1 N–H and O–H groups in total. The zero-order chi connectivity index (χ0) is 22.6. The van der Waals surface area contributed by atoms with Gasteiger partial charge in [-0.3, -0.25) is 4.79 Å². The molecular formula is C26H19ClFN3O3. The molecule has 0 amide bonds. The summed E-state index contributed by atoms with van der Waals surface area (Å²) in [5.74, 6) is 1.14. The molecule has 3 aromatic carbocycles. The van der Waals surface area contributed by atoms with Crippen LogP contribution in [0, 0.1) is 5.82 Å². The van der Waals surface area contributed by atoms with Crippen LogP contribution in [0.5, 0.6) is 5.75 Å². The molecule has 34 heavy (non-hydrogen) atoms. The summed E-state index contributed by atoms with van der Waals surface area (Å²) in [4.78, 5) is 19.4. The summed E-state index contributed by atoms with van der Waals surface area (Å²) in [6, 6.07) is 23.4. The van der Waals surface area contributed by atoms with Crippen LogP contribution in [0.25, 0.3) is 22.2 Å². The predicted octanol–water partition coefficient (Wildman–Crippen LogP) is 6.59. The summed E-state index contributed by atoms with van der Waals surface area (Å²) < 4.78 is 25.9. The standard InChI is InChI=1S/C26H18FN3O3.ClH/c27-23-13-24-22(12-21(23)25-11-10-20(14-31)33-25)26(29-16-28-24)30-18-6-8-19(9-7-18)32-15-17-4-2-1-3-5-17;/h1-14,16H,15H2,(H,28,29,30);1H. The Morgan fingerprint density at radius 2 is 1.76 bits per heavy atom. The number of benzene rings is 3. The normalized spacial score (nSPS) is 10.5. The van der Waals surface area contributed by atoms with Crippen molar-refractivity contribution in [3.05, 3.63) is 102 Å². The SMILES string of the molecule is Cl.O=Cc1ccc(-c2cc3c(Nc4ccc(OCc5ccccc5)cc4)ncnc3cc2F)o1. The number of rotatable bonds is 7. The number of carbonyl (C=O) groups is 1. The Kier molecular flexibility index (Phi) is 6.85. The summed E-state index contributed by atoms with van der Waals surface area (Å²) in [7, 11) is 0. The van der Waals surface area contributed by atoms with Gasteiger partial charge in [-0.2, -0.15) is 0 Å². The molecule has 0 spiro atoms. The minimum Gasteiger partial charge on any atom is -0.489 e. The van der Waals surface area contributed by atoms with Crippen LogP contribution in [0.15, 0.2) is 89.6 Å². The van der Waals surface area contributed by atoms with Gasteiger partial charge in [-0.25, -0.2) is 14.4 Å². The predicted molar refractivity (Wildman–Crippen MR) is 130 cm³/mol. The summed E-state index contributed by atoms with van der Waals surface area (Å²) in [5.41, 5.74) is 2.54. The average molecular weight is 476 g/mol. The molecule has 5 rings (SSSR count). The van der Waals surface area contributed by atoms with E-state index in [1.807, 2.05) is 54.6 Å². The lowest BCUT2D eigenvalue weighted by Crippen LogP contribution is -1.98. The maximum absolute atomic E-state index is 14.7. The van der Waals surface area contributed by atoms with Crippen molar-refractivity contribution in [1.82, 2.24) is 9.97 Å². The van der Waals surface area contributed by atoms with Crippen molar-refractivity contribution in [1.29, 1.82) is 0 Å². The molecular weight excluding hydrogens is 457 g/mol. The van der Waals surface area contributed by atoms with Gasteiger partial charge in [0, 0.05) is 17.1 Å². The highest BCUT2D eigenvalue weighted by atomic mass is 35.5. The van der Waals surface area contributed by atoms with E-state index in [9.17, 15) is 9.18 Å². The summed E-state index contributed by atoms with van der Waals surface area (Å²) >= 11 is 0. The fourth-order valence-electron chi connectivity index (χ4n) is 3.44. The highest BCUT2D eigenvalue weighted by Crippen LogP contribution is 2.32. The number of hydrogen-bond donors (Lipinski definition) is 1. The van der Waals surface area contributed by atoms with Gasteiger partial charge in [0.15, 0.2) is 12.0 Å². The van der Waals surface area contributed by atoms with Crippen LogP contribution < -0.4 is 10.1 Å². The highest BCUT2D eigenvalue weighted by molar-refractivity contribution is 5.93. The molecule has 170 valence electrons. The van der Waals surface area contributed by atoms with Gasteiger partial charge in [-0.15, -0.1) is 12.4 Å². The number of furan rings is 1. The third-order valence-electron chi connectivity index (χ3n) is 5.10. The number of carbonyl (C=O) groups excluding carboxylic acids is 1. The Labute approximate surface area is 200 Å². The van der Waals surface area contributed by atoms with Gasteiger partial charge in [0.2, 0.25) is 0 Å². The molecule has 0 aliphatic rings. The van der Waals surface area contributed by atoms with Crippen molar-refractivity contribution < 1.29 is 18.3 Å². The zero-order valence-corrected chi connectivity index (χ0v) is 18.6. The summed E-state index contributed by atoms with van der Waals surface area (Å²) in [6.45, 7) is 0.483. The number of hydrogen-bond acceptors (Lipinski definition) is 6. The number of halogens is 2. The van der Waals surface area contributed by atoms with Gasteiger partial charge in [0.1, 0.15) is 36.1 Å². The quantitative estimate of drug-likeness (QED) is 0.268. The van der Waals surface area contributed by atoms with Crippen LogP contribution in [0.2, 0.25) is 0 Å². The fraction of sp³-hybridized carbons (Fsp3) is 0.0385. The van der Waals surface area contributed by atoms with Gasteiger partial charge >= 0.3 is 0 Å². The molecule has 0 radical (unpaired) electrons. The van der Waals surface area contributed by atoms with Gasteiger partial charge in [0.05, 0.1) is 11.1 Å². The van der Waals surface area contributed by atoms with Crippen LogP contribution in [0.4, 0.5) is 15.9 Å². The first-order chi connectivity index (χ1) is 16.2. The van der Waals surface area contributed by atoms with Crippen molar-refractivity contribution in [2.45, 2.75) is 6.61 Å². The van der Waals surface area contributed by atoms with E-state index in [4.69, 9.17) is 9.15 Å².